The largest absolute Gasteiger partial charge is 0.383 e. The Labute approximate surface area is 221 Å². The highest BCUT2D eigenvalue weighted by Gasteiger charge is 2.21. The Bertz CT molecular complexity index is 770. The van der Waals surface area contributed by atoms with Crippen LogP contribution in [0.3, 0.4) is 0 Å². The van der Waals surface area contributed by atoms with Crippen molar-refractivity contribution in [3.63, 3.8) is 0 Å². The Hall–Kier alpha value is -2.02. The molecule has 2 aromatic heterocycles. The van der Waals surface area contributed by atoms with E-state index in [4.69, 9.17) is 10.7 Å². The zero-order valence-corrected chi connectivity index (χ0v) is 26.2. The van der Waals surface area contributed by atoms with E-state index in [2.05, 4.69) is 48.0 Å². The average Bonchev–Trinajstić information content (AvgIpc) is 3.21. The van der Waals surface area contributed by atoms with Gasteiger partial charge in [-0.15, -0.1) is 11.3 Å². The number of hydrogen-bond donors (Lipinski definition) is 2. The first kappa shape index (κ1) is 37.5. The summed E-state index contributed by atoms with van der Waals surface area (Å²) in [5.74, 6) is 1.10. The van der Waals surface area contributed by atoms with Gasteiger partial charge in [0.25, 0.3) is 0 Å². The van der Waals surface area contributed by atoms with E-state index in [-0.39, 0.29) is 0 Å². The van der Waals surface area contributed by atoms with E-state index in [1.54, 1.807) is 18.4 Å². The minimum Gasteiger partial charge on any atom is -0.383 e. The molecule has 0 radical (unpaired) electrons. The quantitative estimate of drug-likeness (QED) is 0.402. The summed E-state index contributed by atoms with van der Waals surface area (Å²) in [7, 11) is 1.78. The predicted octanol–water partition coefficient (Wildman–Crippen LogP) is 9.11. The highest BCUT2D eigenvalue weighted by atomic mass is 32.1. The van der Waals surface area contributed by atoms with E-state index in [0.29, 0.717) is 17.8 Å². The van der Waals surface area contributed by atoms with Gasteiger partial charge in [0.05, 0.1) is 22.7 Å². The van der Waals surface area contributed by atoms with Crippen LogP contribution in [0.4, 0.5) is 11.8 Å². The van der Waals surface area contributed by atoms with E-state index < -0.39 is 0 Å². The maximum Gasteiger partial charge on any atom is 0.225 e. The van der Waals surface area contributed by atoms with E-state index in [1.165, 1.54) is 32.1 Å². The number of nitrogens with one attached hydrogen (secondary N) is 1. The van der Waals surface area contributed by atoms with Crippen molar-refractivity contribution in [3.05, 3.63) is 16.3 Å². The number of nitrogen functional groups attached to an aromatic ring is 1. The van der Waals surface area contributed by atoms with Crippen molar-refractivity contribution in [2.24, 2.45) is 4.99 Å². The topological polar surface area (TPSA) is 89.1 Å². The molecule has 0 bridgehead atoms. The molecule has 0 amide bonds. The van der Waals surface area contributed by atoms with Gasteiger partial charge in [-0.05, 0) is 40.0 Å². The molecule has 1 aliphatic carbocycles. The van der Waals surface area contributed by atoms with Gasteiger partial charge in [-0.1, -0.05) is 82.1 Å². The number of hydrogen-bond acceptors (Lipinski definition) is 7. The Morgan fingerprint density at radius 3 is 1.80 bits per heavy atom. The molecule has 3 rings (SSSR count). The van der Waals surface area contributed by atoms with Gasteiger partial charge >= 0.3 is 0 Å². The van der Waals surface area contributed by atoms with Crippen LogP contribution < -0.4 is 11.1 Å². The fourth-order valence-electron chi connectivity index (χ4n) is 2.60. The van der Waals surface area contributed by atoms with Crippen molar-refractivity contribution in [2.75, 3.05) is 18.1 Å². The van der Waals surface area contributed by atoms with Crippen LogP contribution in [0, 0.1) is 13.8 Å². The lowest BCUT2D eigenvalue weighted by Gasteiger charge is -2.26. The molecular weight excluding hydrogens is 452 g/mol. The average molecular weight is 509 g/mol. The third-order valence-electron chi connectivity index (χ3n) is 4.24. The Balaban J connectivity index is -0.000000736. The minimum atomic E-state index is 0.478. The number of nitrogens with two attached hydrogens (primary N) is 1. The fourth-order valence-corrected chi connectivity index (χ4v) is 3.68. The molecule has 0 unspecified atom stereocenters. The first-order valence-corrected chi connectivity index (χ1v) is 14.5. The molecule has 204 valence electrons. The number of anilines is 2. The lowest BCUT2D eigenvalue weighted by atomic mass is 9.93. The smallest absolute Gasteiger partial charge is 0.225 e. The normalized spacial score (nSPS) is 11.8. The fraction of sp³-hybridized carbons (Fsp3) is 0.714. The molecule has 0 spiro atoms. The molecule has 2 aromatic rings. The van der Waals surface area contributed by atoms with E-state index in [9.17, 15) is 0 Å². The third-order valence-corrected chi connectivity index (χ3v) is 5.23. The van der Waals surface area contributed by atoms with Crippen molar-refractivity contribution in [3.8, 4) is 10.6 Å². The van der Waals surface area contributed by atoms with Crippen molar-refractivity contribution in [2.45, 2.75) is 128 Å². The highest BCUT2D eigenvalue weighted by molar-refractivity contribution is 7.15. The lowest BCUT2D eigenvalue weighted by molar-refractivity contribution is 0.443. The van der Waals surface area contributed by atoms with Crippen LogP contribution in [-0.2, 0) is 0 Å². The molecular formula is C28H56N6S. The van der Waals surface area contributed by atoms with Crippen molar-refractivity contribution >= 4 is 28.8 Å². The maximum absolute atomic E-state index is 6.20. The Morgan fingerprint density at radius 1 is 0.943 bits per heavy atom. The second kappa shape index (κ2) is 23.7. The van der Waals surface area contributed by atoms with E-state index >= 15 is 0 Å². The number of aromatic nitrogens is 3. The molecule has 2 heterocycles. The van der Waals surface area contributed by atoms with Crippen LogP contribution in [-0.4, -0.2) is 33.8 Å². The van der Waals surface area contributed by atoms with Gasteiger partial charge < -0.3 is 11.1 Å². The maximum atomic E-state index is 6.20. The summed E-state index contributed by atoms with van der Waals surface area (Å²) >= 11 is 1.60. The van der Waals surface area contributed by atoms with Crippen LogP contribution in [0.15, 0.2) is 4.99 Å². The summed E-state index contributed by atoms with van der Waals surface area (Å²) in [4.78, 5) is 19.0. The van der Waals surface area contributed by atoms with E-state index in [0.717, 1.165) is 32.5 Å². The van der Waals surface area contributed by atoms with Gasteiger partial charge in [0.15, 0.2) is 0 Å². The first-order valence-electron chi connectivity index (χ1n) is 13.6. The van der Waals surface area contributed by atoms with Gasteiger partial charge in [0.2, 0.25) is 5.95 Å². The van der Waals surface area contributed by atoms with Gasteiger partial charge in [-0.3, -0.25) is 4.99 Å². The van der Waals surface area contributed by atoms with Crippen molar-refractivity contribution < 1.29 is 0 Å². The number of thiazole rings is 1. The summed E-state index contributed by atoms with van der Waals surface area (Å²) in [5, 5.41) is 4.20. The van der Waals surface area contributed by atoms with Gasteiger partial charge in [0.1, 0.15) is 10.8 Å². The second-order valence-corrected chi connectivity index (χ2v) is 8.52. The summed E-state index contributed by atoms with van der Waals surface area (Å²) < 4.78 is 0. The number of aliphatic imine (C=N–C) groups is 1. The molecule has 6 nitrogen and oxygen atoms in total. The molecule has 0 aromatic carbocycles. The van der Waals surface area contributed by atoms with Gasteiger partial charge in [-0.2, -0.15) is 4.98 Å². The lowest BCUT2D eigenvalue weighted by Crippen LogP contribution is -2.28. The standard InChI is InChI=1S/C16H22N6S.2C3H8.3C2H6/c1-8-12(15-21-13(9(2)18-4)10(3)23-15)14(17)22-16(19-8)20-11-6-5-7-11;2*1-3-2;3*1-2/h11H,5-7H2,1-4H3,(H3,17,19,20,22);2*3H2,1-2H3;3*1-2H3. The van der Waals surface area contributed by atoms with Crippen LogP contribution >= 0.6 is 11.3 Å². The second-order valence-electron chi connectivity index (χ2n) is 7.31. The van der Waals surface area contributed by atoms with Crippen molar-refractivity contribution in [1.29, 1.82) is 0 Å². The minimum absolute atomic E-state index is 0.478. The van der Waals surface area contributed by atoms with E-state index in [1.807, 2.05) is 62.3 Å². The summed E-state index contributed by atoms with van der Waals surface area (Å²) in [6.45, 7) is 26.5. The SMILES string of the molecule is CC.CC.CC.CCC.CCC.CN=C(C)c1nc(-c2c(C)nc(NC3CCC3)nc2N)sc1C. The van der Waals surface area contributed by atoms with Crippen LogP contribution in [0.25, 0.3) is 10.6 Å². The first-order chi connectivity index (χ1) is 16.8. The predicted molar refractivity (Wildman–Crippen MR) is 162 cm³/mol. The molecule has 1 saturated carbocycles. The Morgan fingerprint density at radius 2 is 1.43 bits per heavy atom. The molecule has 0 saturated heterocycles. The third kappa shape index (κ3) is 13.6. The summed E-state index contributed by atoms with van der Waals surface area (Å²) in [5.41, 5.74) is 9.72. The van der Waals surface area contributed by atoms with Gasteiger partial charge in [-0.25, -0.2) is 9.97 Å². The zero-order chi connectivity index (χ0) is 28.0. The molecule has 1 fully saturated rings. The molecule has 1 aliphatic rings. The molecule has 7 heteroatoms. The Kier molecular flexibility index (Phi) is 25.4. The van der Waals surface area contributed by atoms with Crippen LogP contribution in [0.1, 0.15) is 125 Å². The number of aryl methyl sites for hydroxylation is 2. The van der Waals surface area contributed by atoms with Gasteiger partial charge in [0, 0.05) is 18.0 Å². The molecule has 3 N–H and O–H groups in total. The van der Waals surface area contributed by atoms with Crippen molar-refractivity contribution in [1.82, 2.24) is 15.0 Å². The molecule has 0 atom stereocenters. The summed E-state index contributed by atoms with van der Waals surface area (Å²) in [6, 6.07) is 0.483. The molecule has 35 heavy (non-hydrogen) atoms. The number of rotatable bonds is 4. The molecule has 0 aliphatic heterocycles. The van der Waals surface area contributed by atoms with Crippen LogP contribution in [0.5, 0.6) is 0 Å². The summed E-state index contributed by atoms with van der Waals surface area (Å²) in [6.07, 6.45) is 6.12. The monoisotopic (exact) mass is 508 g/mol. The highest BCUT2D eigenvalue weighted by Crippen LogP contribution is 2.34. The zero-order valence-electron chi connectivity index (χ0n) is 25.4. The number of nitrogens with zero attached hydrogens (tertiary/aromatic N) is 4. The van der Waals surface area contributed by atoms with Crippen LogP contribution in [0.2, 0.25) is 0 Å².